The highest BCUT2D eigenvalue weighted by atomic mass is 19.3. The van der Waals surface area contributed by atoms with Crippen LogP contribution in [0.3, 0.4) is 0 Å². The number of benzene rings is 1. The Labute approximate surface area is 305 Å². The zero-order valence-electron chi connectivity index (χ0n) is 29.9. The number of piperazine rings is 1. The highest BCUT2D eigenvalue weighted by Gasteiger charge is 2.50. The molecule has 15 nitrogen and oxygen atoms in total. The number of alkyl halides is 2. The number of likely N-dealkylation sites (tertiary alicyclic amines) is 1. The lowest BCUT2D eigenvalue weighted by molar-refractivity contribution is -0.140. The van der Waals surface area contributed by atoms with Crippen LogP contribution in [-0.2, 0) is 23.9 Å². The molecule has 288 valence electrons. The number of aromatic nitrogens is 1. The Balaban J connectivity index is 1.29. The average Bonchev–Trinajstić information content (AvgIpc) is 3.45. The van der Waals surface area contributed by atoms with Crippen LogP contribution in [0.15, 0.2) is 24.3 Å². The molecule has 2 saturated heterocycles. The summed E-state index contributed by atoms with van der Waals surface area (Å²) in [5.41, 5.74) is 0.886. The van der Waals surface area contributed by atoms with E-state index in [1.54, 1.807) is 25.1 Å². The normalized spacial score (nSPS) is 18.9. The summed E-state index contributed by atoms with van der Waals surface area (Å²) in [7, 11) is 0. The number of fused-ring (bicyclic) bond motifs is 1. The second-order valence-electron chi connectivity index (χ2n) is 13.8. The quantitative estimate of drug-likeness (QED) is 0.243. The molecule has 17 heteroatoms. The van der Waals surface area contributed by atoms with Crippen molar-refractivity contribution < 1.29 is 52.1 Å². The van der Waals surface area contributed by atoms with Gasteiger partial charge in [-0.3, -0.25) is 24.0 Å². The van der Waals surface area contributed by atoms with E-state index in [9.17, 15) is 42.7 Å². The van der Waals surface area contributed by atoms with Gasteiger partial charge in [0, 0.05) is 56.5 Å². The van der Waals surface area contributed by atoms with Crippen LogP contribution in [0.1, 0.15) is 74.3 Å². The fraction of sp³-hybridized carbons (Fsp3) is 0.583. The number of aliphatic carboxylic acids is 1. The minimum atomic E-state index is -3.26. The Bertz CT molecular complexity index is 1710. The maximum atomic E-state index is 14.5. The summed E-state index contributed by atoms with van der Waals surface area (Å²) in [6.45, 7) is 3.10. The number of hydrogen-bond donors (Lipinski definition) is 3. The lowest BCUT2D eigenvalue weighted by atomic mass is 9.93. The Hall–Kier alpha value is -5.09. The number of aryl methyl sites for hydroxylation is 1. The molecule has 0 bridgehead atoms. The molecule has 3 heterocycles. The predicted octanol–water partition coefficient (Wildman–Crippen LogP) is 2.87. The number of pyridine rings is 1. The molecule has 5 amide bonds. The number of amides is 5. The first-order valence-electron chi connectivity index (χ1n) is 18.0. The number of rotatable bonds is 14. The molecule has 3 aliphatic rings. The van der Waals surface area contributed by atoms with E-state index in [0.29, 0.717) is 17.5 Å². The first kappa shape index (κ1) is 39.1. The van der Waals surface area contributed by atoms with Crippen LogP contribution in [0.2, 0.25) is 0 Å². The molecule has 1 aliphatic carbocycles. The molecule has 53 heavy (non-hydrogen) atoms. The zero-order valence-corrected chi connectivity index (χ0v) is 29.9. The molecule has 0 spiro atoms. The number of carbonyl (C=O) groups excluding carboxylic acids is 5. The van der Waals surface area contributed by atoms with Crippen molar-refractivity contribution in [3.8, 4) is 5.75 Å². The number of nitrogens with one attached hydrogen (secondary N) is 2. The van der Waals surface area contributed by atoms with Gasteiger partial charge in [0.05, 0.1) is 18.7 Å². The topological polar surface area (TPSA) is 188 Å². The van der Waals surface area contributed by atoms with E-state index in [4.69, 9.17) is 9.47 Å². The number of carboxylic acids is 1. The van der Waals surface area contributed by atoms with E-state index in [-0.39, 0.29) is 50.1 Å². The smallest absolute Gasteiger partial charge is 0.409 e. The second-order valence-corrected chi connectivity index (χ2v) is 13.8. The van der Waals surface area contributed by atoms with Crippen LogP contribution in [0.4, 0.5) is 13.6 Å². The molecular weight excluding hydrogens is 698 g/mol. The van der Waals surface area contributed by atoms with E-state index in [0.717, 1.165) is 42.6 Å². The fourth-order valence-corrected chi connectivity index (χ4v) is 6.41. The summed E-state index contributed by atoms with van der Waals surface area (Å²) in [4.78, 5) is 85.4. The third-order valence-electron chi connectivity index (χ3n) is 9.68. The van der Waals surface area contributed by atoms with E-state index >= 15 is 0 Å². The number of ether oxygens (including phenoxy) is 2. The predicted molar refractivity (Wildman–Crippen MR) is 185 cm³/mol. The first-order chi connectivity index (χ1) is 25.2. The highest BCUT2D eigenvalue weighted by Crippen LogP contribution is 2.33. The van der Waals surface area contributed by atoms with Crippen molar-refractivity contribution >= 4 is 46.6 Å². The SMILES string of the molecule is CCCCOC(=O)N1CCN(C(=O)C(CCC(=O)O)NC(=O)c2cc(OCC(=O)N3CC(F)(F)CC3C(=O)NC3CCC3)c3ccc(C)cc3n2)CC1. The molecule has 1 saturated carbocycles. The van der Waals surface area contributed by atoms with Crippen LogP contribution < -0.4 is 15.4 Å². The van der Waals surface area contributed by atoms with Gasteiger partial charge in [-0.2, -0.15) is 0 Å². The van der Waals surface area contributed by atoms with Gasteiger partial charge in [-0.25, -0.2) is 18.6 Å². The molecule has 3 N–H and O–H groups in total. The van der Waals surface area contributed by atoms with Crippen molar-refractivity contribution in [1.82, 2.24) is 30.3 Å². The molecule has 2 atom stereocenters. The molecule has 1 aromatic carbocycles. The number of unbranched alkanes of at least 4 members (excludes halogenated alkanes) is 1. The first-order valence-corrected chi connectivity index (χ1v) is 18.0. The fourth-order valence-electron chi connectivity index (χ4n) is 6.41. The maximum Gasteiger partial charge on any atom is 0.409 e. The Morgan fingerprint density at radius 3 is 2.43 bits per heavy atom. The molecular formula is C36H46F2N6O9. The largest absolute Gasteiger partial charge is 0.483 e. The van der Waals surface area contributed by atoms with Crippen LogP contribution in [0.5, 0.6) is 5.75 Å². The lowest BCUT2D eigenvalue weighted by Gasteiger charge is -2.36. The van der Waals surface area contributed by atoms with Crippen molar-refractivity contribution in [3.05, 3.63) is 35.5 Å². The van der Waals surface area contributed by atoms with Crippen molar-refractivity contribution in [3.63, 3.8) is 0 Å². The number of carbonyl (C=O) groups is 6. The Morgan fingerprint density at radius 1 is 1.06 bits per heavy atom. The van der Waals surface area contributed by atoms with E-state index in [2.05, 4.69) is 15.6 Å². The van der Waals surface area contributed by atoms with Gasteiger partial charge in [-0.15, -0.1) is 0 Å². The van der Waals surface area contributed by atoms with Gasteiger partial charge in [-0.1, -0.05) is 19.4 Å². The van der Waals surface area contributed by atoms with Gasteiger partial charge in [0.25, 0.3) is 17.7 Å². The van der Waals surface area contributed by atoms with Gasteiger partial charge in [-0.05, 0) is 56.7 Å². The summed E-state index contributed by atoms with van der Waals surface area (Å²) in [6, 6.07) is 3.63. The Kier molecular flexibility index (Phi) is 12.7. The summed E-state index contributed by atoms with van der Waals surface area (Å²) in [6.07, 6.45) is 2.10. The average molecular weight is 745 g/mol. The number of nitrogens with zero attached hydrogens (tertiary/aromatic N) is 4. The maximum absolute atomic E-state index is 14.5. The number of carboxylic acid groups (broad SMARTS) is 1. The van der Waals surface area contributed by atoms with Crippen LogP contribution >= 0.6 is 0 Å². The molecule has 5 rings (SSSR count). The van der Waals surface area contributed by atoms with Crippen LogP contribution in [-0.4, -0.2) is 130 Å². The molecule has 2 aromatic rings. The van der Waals surface area contributed by atoms with Gasteiger partial charge in [0.15, 0.2) is 6.61 Å². The summed E-state index contributed by atoms with van der Waals surface area (Å²) in [5, 5.41) is 15.1. The highest BCUT2D eigenvalue weighted by molar-refractivity contribution is 5.99. The summed E-state index contributed by atoms with van der Waals surface area (Å²) in [5.74, 6) is -7.23. The summed E-state index contributed by atoms with van der Waals surface area (Å²) >= 11 is 0. The van der Waals surface area contributed by atoms with Gasteiger partial charge >= 0.3 is 12.1 Å². The molecule has 1 aromatic heterocycles. The molecule has 0 radical (unpaired) electrons. The standard InChI is InChI=1S/C36H46F2N6O9/c1-3-4-16-52-35(51)43-14-12-42(13-15-43)34(50)25(10-11-31(46)47)41-32(48)27-18-29(24-9-8-22(2)17-26(24)40-27)53-20-30(45)44-21-36(37,38)19-28(44)33(49)39-23-6-5-7-23/h8-9,17-18,23,25,28H,3-7,10-16,19-21H2,1-2H3,(H,39,49)(H,41,48)(H,46,47). The summed E-state index contributed by atoms with van der Waals surface area (Å²) < 4.78 is 40.1. The van der Waals surface area contributed by atoms with E-state index in [1.165, 1.54) is 15.9 Å². The van der Waals surface area contributed by atoms with Gasteiger partial charge in [0.1, 0.15) is 23.5 Å². The van der Waals surface area contributed by atoms with Crippen molar-refractivity contribution in [2.24, 2.45) is 0 Å². The number of hydrogen-bond acceptors (Lipinski definition) is 9. The molecule has 3 fully saturated rings. The van der Waals surface area contributed by atoms with Crippen LogP contribution in [0.25, 0.3) is 10.9 Å². The van der Waals surface area contributed by atoms with Crippen molar-refractivity contribution in [2.45, 2.75) is 89.3 Å². The third kappa shape index (κ3) is 10.1. The molecule has 2 unspecified atom stereocenters. The zero-order chi connectivity index (χ0) is 38.3. The second kappa shape index (κ2) is 17.2. The van der Waals surface area contributed by atoms with E-state index < -0.39 is 79.7 Å². The van der Waals surface area contributed by atoms with Gasteiger partial charge < -0.3 is 39.9 Å². The minimum Gasteiger partial charge on any atom is -0.483 e. The van der Waals surface area contributed by atoms with Crippen LogP contribution in [0, 0.1) is 6.92 Å². The monoisotopic (exact) mass is 744 g/mol. The lowest BCUT2D eigenvalue weighted by Crippen LogP contribution is -2.56. The third-order valence-corrected chi connectivity index (χ3v) is 9.68. The van der Waals surface area contributed by atoms with E-state index in [1.807, 2.05) is 6.92 Å². The van der Waals surface area contributed by atoms with Crippen molar-refractivity contribution in [2.75, 3.05) is 45.9 Å². The molecule has 2 aliphatic heterocycles. The minimum absolute atomic E-state index is 0.0327. The van der Waals surface area contributed by atoms with Gasteiger partial charge in [0.2, 0.25) is 11.8 Å². The number of halogens is 2. The Morgan fingerprint density at radius 2 is 1.77 bits per heavy atom. The van der Waals surface area contributed by atoms with Crippen molar-refractivity contribution in [1.29, 1.82) is 0 Å².